The van der Waals surface area contributed by atoms with Gasteiger partial charge in [-0.3, -0.25) is 4.79 Å². The van der Waals surface area contributed by atoms with Crippen LogP contribution in [-0.2, 0) is 42.2 Å². The average Bonchev–Trinajstić information content (AvgIpc) is 3.87. The van der Waals surface area contributed by atoms with Gasteiger partial charge in [0.25, 0.3) is 0 Å². The van der Waals surface area contributed by atoms with Gasteiger partial charge in [-0.25, -0.2) is 0 Å². The molecule has 0 aromatic carbocycles. The minimum absolute atomic E-state index is 0. The van der Waals surface area contributed by atoms with Gasteiger partial charge in [-0.1, -0.05) is 149 Å². The molecule has 0 aromatic rings. The molecule has 0 heterocycles. The Labute approximate surface area is 337 Å². The maximum Gasteiger partial charge on any atom is 0.306 e. The number of hydrogen-bond acceptors (Lipinski definition) is 6. The average molecular weight is 787 g/mol. The zero-order valence-electron chi connectivity index (χ0n) is 33.9. The van der Waals surface area contributed by atoms with E-state index in [-0.39, 0.29) is 58.0 Å². The Morgan fingerprint density at radius 2 is 1.02 bits per heavy atom. The van der Waals surface area contributed by atoms with E-state index in [1.807, 2.05) is 0 Å². The molecule has 0 aliphatic heterocycles. The number of carbonyl (C=O) groups is 1. The summed E-state index contributed by atoms with van der Waals surface area (Å²) in [6, 6.07) is 0. The molecule has 1 aliphatic carbocycles. The zero-order valence-corrected chi connectivity index (χ0v) is 36.7. The third kappa shape index (κ3) is 36.8. The van der Waals surface area contributed by atoms with E-state index in [0.717, 1.165) is 89.8 Å². The van der Waals surface area contributed by atoms with Crippen LogP contribution in [0.5, 0.6) is 0 Å². The Hall–Kier alpha value is 0.414. The molecule has 0 bridgehead atoms. The first-order valence-electron chi connectivity index (χ1n) is 21.8. The number of aliphatic hydroxyl groups is 3. The van der Waals surface area contributed by atoms with Crippen LogP contribution in [0.25, 0.3) is 0 Å². The van der Waals surface area contributed by atoms with Crippen LogP contribution in [0.2, 0.25) is 0 Å². The molecule has 50 heavy (non-hydrogen) atoms. The maximum absolute atomic E-state index is 12.6. The summed E-state index contributed by atoms with van der Waals surface area (Å²) in [5, 5.41) is 27.0. The predicted molar refractivity (Wildman–Crippen MR) is 210 cm³/mol. The number of carbonyl (C=O) groups excluding carboxylic acids is 1. The van der Waals surface area contributed by atoms with E-state index in [1.54, 1.807) is 0 Å². The van der Waals surface area contributed by atoms with Crippen molar-refractivity contribution >= 4 is 5.97 Å². The van der Waals surface area contributed by atoms with Gasteiger partial charge >= 0.3 is 5.97 Å². The van der Waals surface area contributed by atoms with Gasteiger partial charge in [-0.15, -0.1) is 0 Å². The van der Waals surface area contributed by atoms with Gasteiger partial charge in [-0.2, -0.15) is 0 Å². The molecule has 0 spiro atoms. The molecule has 3 N–H and O–H groups in total. The first-order chi connectivity index (χ1) is 24.1. The van der Waals surface area contributed by atoms with Crippen molar-refractivity contribution in [2.75, 3.05) is 39.5 Å². The van der Waals surface area contributed by atoms with Crippen LogP contribution in [0.4, 0.5) is 0 Å². The van der Waals surface area contributed by atoms with Crippen molar-refractivity contribution in [1.82, 2.24) is 4.90 Å². The van der Waals surface area contributed by atoms with E-state index in [4.69, 9.17) is 14.9 Å². The number of hydrogen-bond donors (Lipinski definition) is 3. The molecule has 0 saturated heterocycles. The molecule has 1 saturated carbocycles. The van der Waals surface area contributed by atoms with E-state index < -0.39 is 0 Å². The van der Waals surface area contributed by atoms with Crippen molar-refractivity contribution in [1.29, 1.82) is 0 Å². The zero-order chi connectivity index (χ0) is 36.0. The molecule has 2 atom stereocenters. The minimum atomic E-state index is 0. The maximum atomic E-state index is 12.6. The van der Waals surface area contributed by atoms with Crippen molar-refractivity contribution in [3.05, 3.63) is 0 Å². The summed E-state index contributed by atoms with van der Waals surface area (Å²) in [6.45, 7) is 10.5. The molecule has 1 fully saturated rings. The summed E-state index contributed by atoms with van der Waals surface area (Å²) in [4.78, 5) is 14.9. The van der Waals surface area contributed by atoms with E-state index >= 15 is 0 Å². The van der Waals surface area contributed by atoms with Gasteiger partial charge < -0.3 is 25.0 Å². The summed E-state index contributed by atoms with van der Waals surface area (Å²) in [5.74, 6) is 1.58. The van der Waals surface area contributed by atoms with Crippen LogP contribution >= 0.6 is 0 Å². The molecule has 1 aliphatic rings. The van der Waals surface area contributed by atoms with Gasteiger partial charge in [0.05, 0.1) is 6.61 Å². The standard InChI is InChI=1S/C33H67NO4.C10H20O.Y/c1-3-5-7-9-12-18-24-32(25-19-13-10-8-6-4-2)38-33(37)26-20-14-11-15-21-27-34(29-31-36)28-22-16-17-23-30-35;1-2-3-4-5-6-9-7-10(9)8-11;/h32,35-36H,3-31H2,1-2H3;9-11H,2-8H2,1H3;. The van der Waals surface area contributed by atoms with E-state index in [2.05, 4.69) is 25.7 Å². The Balaban J connectivity index is 0. The van der Waals surface area contributed by atoms with Crippen LogP contribution in [0, 0.1) is 11.8 Å². The fourth-order valence-electron chi connectivity index (χ4n) is 6.95. The van der Waals surface area contributed by atoms with Crippen LogP contribution in [0.1, 0.15) is 213 Å². The van der Waals surface area contributed by atoms with Gasteiger partial charge in [0.1, 0.15) is 6.10 Å². The summed E-state index contributed by atoms with van der Waals surface area (Å²) in [5.41, 5.74) is 0. The first kappa shape index (κ1) is 52.5. The topological polar surface area (TPSA) is 90.2 Å². The van der Waals surface area contributed by atoms with Crippen LogP contribution in [0.15, 0.2) is 0 Å². The normalized spacial score (nSPS) is 15.2. The largest absolute Gasteiger partial charge is 0.462 e. The molecule has 0 aromatic heterocycles. The van der Waals surface area contributed by atoms with Crippen LogP contribution < -0.4 is 0 Å². The van der Waals surface area contributed by atoms with Gasteiger partial charge in [0, 0.05) is 58.9 Å². The van der Waals surface area contributed by atoms with Crippen LogP contribution in [0.3, 0.4) is 0 Å². The number of rotatable bonds is 37. The van der Waals surface area contributed by atoms with Crippen molar-refractivity contribution in [2.24, 2.45) is 11.8 Å². The molecule has 7 heteroatoms. The van der Waals surface area contributed by atoms with Gasteiger partial charge in [-0.05, 0) is 82.7 Å². The molecule has 297 valence electrons. The van der Waals surface area contributed by atoms with Crippen LogP contribution in [-0.4, -0.2) is 71.7 Å². The van der Waals surface area contributed by atoms with Gasteiger partial charge in [0.15, 0.2) is 0 Å². The Morgan fingerprint density at radius 3 is 1.50 bits per heavy atom. The summed E-state index contributed by atoms with van der Waals surface area (Å²) >= 11 is 0. The van der Waals surface area contributed by atoms with E-state index in [1.165, 1.54) is 122 Å². The summed E-state index contributed by atoms with van der Waals surface area (Å²) in [7, 11) is 0. The number of ether oxygens (including phenoxy) is 1. The molecular formula is C43H87NO5Y. The fourth-order valence-corrected chi connectivity index (χ4v) is 6.95. The quantitative estimate of drug-likeness (QED) is 0.0429. The Morgan fingerprint density at radius 1 is 0.560 bits per heavy atom. The smallest absolute Gasteiger partial charge is 0.306 e. The molecular weight excluding hydrogens is 699 g/mol. The van der Waals surface area contributed by atoms with E-state index in [9.17, 15) is 9.90 Å². The summed E-state index contributed by atoms with van der Waals surface area (Å²) in [6.07, 6.45) is 36.2. The second-order valence-electron chi connectivity index (χ2n) is 15.2. The number of unbranched alkanes of at least 4 members (excludes halogenated alkanes) is 20. The van der Waals surface area contributed by atoms with Crippen molar-refractivity contribution in [3.63, 3.8) is 0 Å². The molecule has 2 unspecified atom stereocenters. The first-order valence-corrected chi connectivity index (χ1v) is 21.8. The third-order valence-electron chi connectivity index (χ3n) is 10.4. The fraction of sp³-hybridized carbons (Fsp3) is 0.977. The SMILES string of the molecule is CCCCCCC1CC1CO.CCCCCCCCC(CCCCCCCC)OC(=O)CCCCCCCN(CCO)CCCCCCO.[Y]. The molecule has 0 amide bonds. The molecule has 6 nitrogen and oxygen atoms in total. The minimum Gasteiger partial charge on any atom is -0.462 e. The third-order valence-corrected chi connectivity index (χ3v) is 10.4. The van der Waals surface area contributed by atoms with Crippen molar-refractivity contribution < 1.29 is 57.6 Å². The Bertz CT molecular complexity index is 653. The van der Waals surface area contributed by atoms with Crippen molar-refractivity contribution in [3.8, 4) is 0 Å². The number of aliphatic hydroxyl groups excluding tert-OH is 3. The molecule has 1 radical (unpaired) electrons. The number of esters is 1. The predicted octanol–water partition coefficient (Wildman–Crippen LogP) is 11.2. The second-order valence-corrected chi connectivity index (χ2v) is 15.2. The second kappa shape index (κ2) is 42.2. The Kier molecular flexibility index (Phi) is 44.3. The van der Waals surface area contributed by atoms with E-state index in [0.29, 0.717) is 18.9 Å². The van der Waals surface area contributed by atoms with Gasteiger partial charge in [0.2, 0.25) is 0 Å². The summed E-state index contributed by atoms with van der Waals surface area (Å²) < 4.78 is 5.97. The number of nitrogens with zero attached hydrogens (tertiary/aromatic N) is 1. The van der Waals surface area contributed by atoms with Crippen molar-refractivity contribution in [2.45, 2.75) is 219 Å². The molecule has 1 rings (SSSR count). The monoisotopic (exact) mass is 787 g/mol.